The number of hydrogen-bond donors (Lipinski definition) is 1. The van der Waals surface area contributed by atoms with Gasteiger partial charge in [-0.25, -0.2) is 0 Å². The lowest BCUT2D eigenvalue weighted by atomic mass is 9.91. The maximum Gasteiger partial charge on any atom is 0.227 e. The lowest BCUT2D eigenvalue weighted by molar-refractivity contribution is -0.139. The van der Waals surface area contributed by atoms with Crippen LogP contribution in [0.4, 0.5) is 0 Å². The van der Waals surface area contributed by atoms with Gasteiger partial charge in [0.2, 0.25) is 5.91 Å². The van der Waals surface area contributed by atoms with Crippen molar-refractivity contribution in [3.05, 3.63) is 29.8 Å². The van der Waals surface area contributed by atoms with E-state index in [1.165, 1.54) is 0 Å². The molecule has 116 valence electrons. The Hall–Kier alpha value is -1.55. The molecule has 4 nitrogen and oxygen atoms in total. The van der Waals surface area contributed by atoms with Gasteiger partial charge in [-0.15, -0.1) is 0 Å². The van der Waals surface area contributed by atoms with Crippen LogP contribution in [0.5, 0.6) is 5.75 Å². The van der Waals surface area contributed by atoms with Crippen LogP contribution < -0.4 is 10.1 Å². The fourth-order valence-corrected chi connectivity index (χ4v) is 2.66. The van der Waals surface area contributed by atoms with Gasteiger partial charge in [0.25, 0.3) is 0 Å². The third-order valence-electron chi connectivity index (χ3n) is 4.10. The minimum absolute atomic E-state index is 0.0366. The number of ether oxygens (including phenoxy) is 1. The smallest absolute Gasteiger partial charge is 0.227 e. The summed E-state index contributed by atoms with van der Waals surface area (Å²) in [6.07, 6.45) is 0.434. The summed E-state index contributed by atoms with van der Waals surface area (Å²) in [6, 6.07) is 7.71. The van der Waals surface area contributed by atoms with E-state index in [0.29, 0.717) is 6.42 Å². The highest BCUT2D eigenvalue weighted by Gasteiger charge is 2.39. The van der Waals surface area contributed by atoms with Gasteiger partial charge in [0.05, 0.1) is 13.5 Å². The summed E-state index contributed by atoms with van der Waals surface area (Å²) in [5, 5.41) is 3.50. The SMILES string of the molecule is COc1ccc(CC(=O)N2CC(C)(C)NCC2(C)C)cc1. The quantitative estimate of drug-likeness (QED) is 0.928. The molecule has 0 spiro atoms. The van der Waals surface area contributed by atoms with Crippen LogP contribution in [-0.2, 0) is 11.2 Å². The number of benzene rings is 1. The lowest BCUT2D eigenvalue weighted by Crippen LogP contribution is -2.67. The number of amides is 1. The van der Waals surface area contributed by atoms with E-state index < -0.39 is 0 Å². The normalized spacial score (nSPS) is 20.1. The van der Waals surface area contributed by atoms with Crippen molar-refractivity contribution in [1.29, 1.82) is 0 Å². The summed E-state index contributed by atoms with van der Waals surface area (Å²) in [6.45, 7) is 10.0. The number of nitrogens with zero attached hydrogens (tertiary/aromatic N) is 1. The Balaban J connectivity index is 2.10. The third-order valence-corrected chi connectivity index (χ3v) is 4.10. The van der Waals surface area contributed by atoms with Crippen LogP contribution in [0.15, 0.2) is 24.3 Å². The second-order valence-electron chi connectivity index (χ2n) is 7.05. The maximum absolute atomic E-state index is 12.7. The van der Waals surface area contributed by atoms with Gasteiger partial charge < -0.3 is 15.0 Å². The predicted molar refractivity (Wildman–Crippen MR) is 84.6 cm³/mol. The van der Waals surface area contributed by atoms with Crippen LogP contribution in [0.1, 0.15) is 33.3 Å². The molecule has 0 unspecified atom stereocenters. The molecule has 1 aliphatic heterocycles. The topological polar surface area (TPSA) is 41.6 Å². The van der Waals surface area contributed by atoms with Gasteiger partial charge in [-0.3, -0.25) is 4.79 Å². The Bertz CT molecular complexity index is 506. The molecular weight excluding hydrogens is 264 g/mol. The fraction of sp³-hybridized carbons (Fsp3) is 0.588. The third kappa shape index (κ3) is 3.76. The van der Waals surface area contributed by atoms with Gasteiger partial charge in [0.1, 0.15) is 5.75 Å². The lowest BCUT2D eigenvalue weighted by Gasteiger charge is -2.49. The van der Waals surface area contributed by atoms with E-state index in [1.807, 2.05) is 29.2 Å². The van der Waals surface area contributed by atoms with Gasteiger partial charge >= 0.3 is 0 Å². The van der Waals surface area contributed by atoms with Crippen molar-refractivity contribution in [3.63, 3.8) is 0 Å². The molecule has 1 amide bonds. The molecule has 0 bridgehead atoms. The zero-order valence-electron chi connectivity index (χ0n) is 13.7. The Morgan fingerprint density at radius 1 is 1.24 bits per heavy atom. The van der Waals surface area contributed by atoms with Crippen molar-refractivity contribution in [2.75, 3.05) is 20.2 Å². The van der Waals surface area contributed by atoms with Gasteiger partial charge in [-0.1, -0.05) is 12.1 Å². The van der Waals surface area contributed by atoms with E-state index in [0.717, 1.165) is 24.4 Å². The molecule has 1 saturated heterocycles. The summed E-state index contributed by atoms with van der Waals surface area (Å²) in [7, 11) is 1.64. The molecule has 1 heterocycles. The summed E-state index contributed by atoms with van der Waals surface area (Å²) in [5.74, 6) is 0.995. The summed E-state index contributed by atoms with van der Waals surface area (Å²) in [5.41, 5.74) is 0.831. The number of hydrogen-bond acceptors (Lipinski definition) is 3. The second kappa shape index (κ2) is 5.68. The van der Waals surface area contributed by atoms with Crippen molar-refractivity contribution in [1.82, 2.24) is 10.2 Å². The van der Waals surface area contributed by atoms with Crippen LogP contribution in [0.3, 0.4) is 0 Å². The number of rotatable bonds is 3. The molecule has 1 N–H and O–H groups in total. The largest absolute Gasteiger partial charge is 0.497 e. The summed E-state index contributed by atoms with van der Waals surface area (Å²) in [4.78, 5) is 14.7. The first-order valence-corrected chi connectivity index (χ1v) is 7.42. The molecule has 2 rings (SSSR count). The van der Waals surface area contributed by atoms with Crippen molar-refractivity contribution in [2.45, 2.75) is 45.2 Å². The van der Waals surface area contributed by atoms with E-state index in [2.05, 4.69) is 33.0 Å². The van der Waals surface area contributed by atoms with E-state index in [1.54, 1.807) is 7.11 Å². The molecule has 1 aromatic carbocycles. The minimum atomic E-state index is -0.154. The first-order valence-electron chi connectivity index (χ1n) is 7.42. The zero-order chi connectivity index (χ0) is 15.7. The molecule has 0 aromatic heterocycles. The number of carbonyl (C=O) groups excluding carboxylic acids is 1. The maximum atomic E-state index is 12.7. The first kappa shape index (κ1) is 15.8. The van der Waals surface area contributed by atoms with Gasteiger partial charge in [-0.2, -0.15) is 0 Å². The van der Waals surface area contributed by atoms with Gasteiger partial charge in [0.15, 0.2) is 0 Å². The van der Waals surface area contributed by atoms with E-state index in [9.17, 15) is 4.79 Å². The number of nitrogens with one attached hydrogen (secondary N) is 1. The molecule has 21 heavy (non-hydrogen) atoms. The summed E-state index contributed by atoms with van der Waals surface area (Å²) >= 11 is 0. The molecule has 0 radical (unpaired) electrons. The highest BCUT2D eigenvalue weighted by Crippen LogP contribution is 2.24. The highest BCUT2D eigenvalue weighted by molar-refractivity contribution is 5.80. The van der Waals surface area contributed by atoms with Crippen molar-refractivity contribution in [3.8, 4) is 5.75 Å². The van der Waals surface area contributed by atoms with Gasteiger partial charge in [-0.05, 0) is 45.4 Å². The molecule has 4 heteroatoms. The average molecular weight is 290 g/mol. The van der Waals surface area contributed by atoms with E-state index in [-0.39, 0.29) is 17.0 Å². The molecule has 1 aliphatic rings. The van der Waals surface area contributed by atoms with Crippen LogP contribution in [0, 0.1) is 0 Å². The van der Waals surface area contributed by atoms with Crippen molar-refractivity contribution >= 4 is 5.91 Å². The second-order valence-corrected chi connectivity index (χ2v) is 7.05. The molecule has 1 aromatic rings. The number of methoxy groups -OCH3 is 1. The van der Waals surface area contributed by atoms with Crippen LogP contribution in [-0.4, -0.2) is 42.1 Å². The standard InChI is InChI=1S/C17H26N2O2/c1-16(2)12-19(17(3,4)11-18-16)15(20)10-13-6-8-14(21-5)9-7-13/h6-9,18H,10-12H2,1-5H3. The number of piperazine rings is 1. The van der Waals surface area contributed by atoms with Crippen LogP contribution >= 0.6 is 0 Å². The van der Waals surface area contributed by atoms with E-state index >= 15 is 0 Å². The van der Waals surface area contributed by atoms with Gasteiger partial charge in [0, 0.05) is 24.2 Å². The highest BCUT2D eigenvalue weighted by atomic mass is 16.5. The Kier molecular flexibility index (Phi) is 4.28. The first-order chi connectivity index (χ1) is 9.73. The average Bonchev–Trinajstić information content (AvgIpc) is 2.43. The van der Waals surface area contributed by atoms with Crippen molar-refractivity contribution in [2.24, 2.45) is 0 Å². The fourth-order valence-electron chi connectivity index (χ4n) is 2.66. The predicted octanol–water partition coefficient (Wildman–Crippen LogP) is 2.23. The van der Waals surface area contributed by atoms with Crippen molar-refractivity contribution < 1.29 is 9.53 Å². The Morgan fingerprint density at radius 2 is 1.86 bits per heavy atom. The monoisotopic (exact) mass is 290 g/mol. The minimum Gasteiger partial charge on any atom is -0.497 e. The molecular formula is C17H26N2O2. The van der Waals surface area contributed by atoms with Crippen LogP contribution in [0.25, 0.3) is 0 Å². The molecule has 0 atom stereocenters. The Morgan fingerprint density at radius 3 is 2.43 bits per heavy atom. The molecule has 0 aliphatic carbocycles. The summed E-state index contributed by atoms with van der Waals surface area (Å²) < 4.78 is 5.15. The zero-order valence-corrected chi connectivity index (χ0v) is 13.7. The Labute approximate surface area is 127 Å². The van der Waals surface area contributed by atoms with E-state index in [4.69, 9.17) is 4.74 Å². The molecule has 0 saturated carbocycles. The number of carbonyl (C=O) groups is 1. The van der Waals surface area contributed by atoms with Crippen LogP contribution in [0.2, 0.25) is 0 Å². The molecule has 1 fully saturated rings.